The van der Waals surface area contributed by atoms with Gasteiger partial charge >= 0.3 is 0 Å². The molecule has 30 heavy (non-hydrogen) atoms. The van der Waals surface area contributed by atoms with E-state index in [-0.39, 0.29) is 0 Å². The Morgan fingerprint density at radius 3 is 1.97 bits per heavy atom. The van der Waals surface area contributed by atoms with Gasteiger partial charge in [0.05, 0.1) is 0 Å². The van der Waals surface area contributed by atoms with Gasteiger partial charge in [-0.15, -0.1) is 0 Å². The molecule has 0 aliphatic heterocycles. The third-order valence-electron chi connectivity index (χ3n) is 6.39. The molecule has 0 nitrogen and oxygen atoms in total. The van der Waals surface area contributed by atoms with Crippen LogP contribution in [0.15, 0.2) is 97.1 Å². The fourth-order valence-electron chi connectivity index (χ4n) is 4.91. The summed E-state index contributed by atoms with van der Waals surface area (Å²) in [5.74, 6) is 0. The first kappa shape index (κ1) is 17.2. The molecule has 0 saturated heterocycles. The van der Waals surface area contributed by atoms with Gasteiger partial charge in [-0.3, -0.25) is 0 Å². The van der Waals surface area contributed by atoms with Gasteiger partial charge in [-0.25, -0.2) is 0 Å². The van der Waals surface area contributed by atoms with Crippen LogP contribution in [0.2, 0.25) is 0 Å². The van der Waals surface area contributed by atoms with Gasteiger partial charge in [-0.1, -0.05) is 90.5 Å². The van der Waals surface area contributed by atoms with E-state index in [2.05, 4.69) is 111 Å². The maximum Gasteiger partial charge on any atom is -0.00961 e. The Bertz CT molecular complexity index is 1600. The lowest BCUT2D eigenvalue weighted by Gasteiger charge is -2.15. The predicted molar refractivity (Wildman–Crippen MR) is 131 cm³/mol. The Hall–Kier alpha value is -3.64. The molecule has 0 aliphatic carbocycles. The molecule has 0 aromatic heterocycles. The zero-order chi connectivity index (χ0) is 20.2. The highest BCUT2D eigenvalue weighted by atomic mass is 14.2. The van der Waals surface area contributed by atoms with Crippen LogP contribution >= 0.6 is 0 Å². The van der Waals surface area contributed by atoms with Crippen LogP contribution in [0.1, 0.15) is 11.1 Å². The van der Waals surface area contributed by atoms with Crippen molar-refractivity contribution in [1.29, 1.82) is 0 Å². The van der Waals surface area contributed by atoms with Crippen molar-refractivity contribution in [2.45, 2.75) is 13.8 Å². The van der Waals surface area contributed by atoms with Crippen molar-refractivity contribution in [3.8, 4) is 11.1 Å². The average molecular weight is 383 g/mol. The predicted octanol–water partition coefficient (Wildman–Crippen LogP) is 8.58. The minimum atomic E-state index is 1.29. The molecule has 6 aromatic carbocycles. The first-order chi connectivity index (χ1) is 14.7. The summed E-state index contributed by atoms with van der Waals surface area (Å²) < 4.78 is 0. The number of fused-ring (bicyclic) bond motifs is 6. The van der Waals surface area contributed by atoms with E-state index in [0.29, 0.717) is 0 Å². The molecule has 0 spiro atoms. The van der Waals surface area contributed by atoms with Crippen LogP contribution in [0.25, 0.3) is 54.2 Å². The topological polar surface area (TPSA) is 0 Å². The Labute approximate surface area is 176 Å². The second-order valence-corrected chi connectivity index (χ2v) is 8.37. The third-order valence-corrected chi connectivity index (χ3v) is 6.39. The molecule has 0 N–H and O–H groups in total. The highest BCUT2D eigenvalue weighted by molar-refractivity contribution is 6.16. The third kappa shape index (κ3) is 2.54. The van der Waals surface area contributed by atoms with Crippen molar-refractivity contribution >= 4 is 43.1 Å². The van der Waals surface area contributed by atoms with E-state index < -0.39 is 0 Å². The van der Waals surface area contributed by atoms with Gasteiger partial charge in [0.25, 0.3) is 0 Å². The van der Waals surface area contributed by atoms with E-state index in [4.69, 9.17) is 0 Å². The average Bonchev–Trinajstić information content (AvgIpc) is 2.78. The second-order valence-electron chi connectivity index (χ2n) is 8.37. The van der Waals surface area contributed by atoms with Crippen LogP contribution in [0.3, 0.4) is 0 Å². The number of benzene rings is 6. The Morgan fingerprint density at radius 2 is 1.10 bits per heavy atom. The monoisotopic (exact) mass is 382 g/mol. The number of aryl methyl sites for hydroxylation is 2. The lowest BCUT2D eigenvalue weighted by molar-refractivity contribution is 1.49. The first-order valence-electron chi connectivity index (χ1n) is 10.5. The molecule has 0 heterocycles. The molecule has 142 valence electrons. The highest BCUT2D eigenvalue weighted by Crippen LogP contribution is 2.39. The van der Waals surface area contributed by atoms with Crippen molar-refractivity contribution in [1.82, 2.24) is 0 Å². The van der Waals surface area contributed by atoms with Gasteiger partial charge in [0.2, 0.25) is 0 Å². The van der Waals surface area contributed by atoms with Crippen LogP contribution in [-0.4, -0.2) is 0 Å². The summed E-state index contributed by atoms with van der Waals surface area (Å²) in [6.45, 7) is 4.40. The molecule has 0 aliphatic rings. The van der Waals surface area contributed by atoms with Crippen LogP contribution in [0.5, 0.6) is 0 Å². The fraction of sp³-hybridized carbons (Fsp3) is 0.0667. The molecule has 6 aromatic rings. The van der Waals surface area contributed by atoms with Gasteiger partial charge in [0.15, 0.2) is 0 Å². The van der Waals surface area contributed by atoms with Crippen molar-refractivity contribution in [3.05, 3.63) is 108 Å². The number of hydrogen-bond acceptors (Lipinski definition) is 0. The smallest absolute Gasteiger partial charge is 0.00961 e. The van der Waals surface area contributed by atoms with Crippen molar-refractivity contribution in [2.75, 3.05) is 0 Å². The summed E-state index contributed by atoms with van der Waals surface area (Å²) >= 11 is 0. The quantitative estimate of drug-likeness (QED) is 0.250. The first-order valence-corrected chi connectivity index (χ1v) is 10.5. The summed E-state index contributed by atoms with van der Waals surface area (Å²) in [5, 5.41) is 10.5. The van der Waals surface area contributed by atoms with E-state index in [1.807, 2.05) is 0 Å². The molecule has 6 rings (SSSR count). The standard InChI is InChI=1S/C30H22/c1-19-11-14-25-23(15-19)17-30(27-10-6-5-9-26(25)27)28-18-29-22(16-20(28)2)13-12-21-7-3-4-8-24(21)29/h3-18H,1-2H3. The molecule has 0 fully saturated rings. The SMILES string of the molecule is Cc1ccc2c(c1)cc(-c1cc3c(ccc4ccccc43)cc1C)c1ccccc12. The van der Waals surface area contributed by atoms with Crippen LogP contribution < -0.4 is 0 Å². The Kier molecular flexibility index (Phi) is 3.70. The molecule has 0 radical (unpaired) electrons. The number of hydrogen-bond donors (Lipinski definition) is 0. The maximum atomic E-state index is 2.40. The van der Waals surface area contributed by atoms with E-state index >= 15 is 0 Å². The normalized spacial score (nSPS) is 11.7. The molecule has 0 bridgehead atoms. The zero-order valence-electron chi connectivity index (χ0n) is 17.2. The van der Waals surface area contributed by atoms with Crippen molar-refractivity contribution < 1.29 is 0 Å². The van der Waals surface area contributed by atoms with Crippen molar-refractivity contribution in [2.24, 2.45) is 0 Å². The van der Waals surface area contributed by atoms with Crippen molar-refractivity contribution in [3.63, 3.8) is 0 Å². The largest absolute Gasteiger partial charge is 0.0616 e. The lowest BCUT2D eigenvalue weighted by Crippen LogP contribution is -1.89. The second kappa shape index (κ2) is 6.43. The molecule has 0 heteroatoms. The summed E-state index contributed by atoms with van der Waals surface area (Å²) in [6.07, 6.45) is 0. The van der Waals surface area contributed by atoms with Crippen LogP contribution in [0, 0.1) is 13.8 Å². The van der Waals surface area contributed by atoms with E-state index in [1.54, 1.807) is 0 Å². The molecule has 0 unspecified atom stereocenters. The summed E-state index contributed by atoms with van der Waals surface area (Å²) in [5.41, 5.74) is 5.24. The van der Waals surface area contributed by atoms with E-state index in [0.717, 1.165) is 0 Å². The Morgan fingerprint density at radius 1 is 0.400 bits per heavy atom. The van der Waals surface area contributed by atoms with Gasteiger partial charge in [0.1, 0.15) is 0 Å². The zero-order valence-corrected chi connectivity index (χ0v) is 17.2. The molecular formula is C30H22. The minimum Gasteiger partial charge on any atom is -0.0616 e. The van der Waals surface area contributed by atoms with E-state index in [1.165, 1.54) is 65.3 Å². The minimum absolute atomic E-state index is 1.29. The highest BCUT2D eigenvalue weighted by Gasteiger charge is 2.12. The Balaban J connectivity index is 1.76. The van der Waals surface area contributed by atoms with E-state index in [9.17, 15) is 0 Å². The number of rotatable bonds is 1. The summed E-state index contributed by atoms with van der Waals surface area (Å²) in [7, 11) is 0. The molecular weight excluding hydrogens is 360 g/mol. The van der Waals surface area contributed by atoms with Gasteiger partial charge in [-0.2, -0.15) is 0 Å². The molecule has 0 saturated carbocycles. The lowest BCUT2D eigenvalue weighted by atomic mass is 9.88. The molecule has 0 atom stereocenters. The van der Waals surface area contributed by atoms with Crippen LogP contribution in [0.4, 0.5) is 0 Å². The van der Waals surface area contributed by atoms with Gasteiger partial charge in [-0.05, 0) is 85.8 Å². The maximum absolute atomic E-state index is 2.40. The molecule has 0 amide bonds. The fourth-order valence-corrected chi connectivity index (χ4v) is 4.91. The van der Waals surface area contributed by atoms with Gasteiger partial charge in [0, 0.05) is 0 Å². The van der Waals surface area contributed by atoms with Gasteiger partial charge < -0.3 is 0 Å². The van der Waals surface area contributed by atoms with Crippen LogP contribution in [-0.2, 0) is 0 Å². The summed E-state index contributed by atoms with van der Waals surface area (Å²) in [6, 6.07) is 35.9. The summed E-state index contributed by atoms with van der Waals surface area (Å²) in [4.78, 5) is 0.